The van der Waals surface area contributed by atoms with Gasteiger partial charge < -0.3 is 35.4 Å². The highest BCUT2D eigenvalue weighted by Crippen LogP contribution is 2.25. The molecule has 1 aliphatic rings. The SMILES string of the molecule is CCCCNC(=O)COc1ccc2c(c1)CC(NCC(O)COc1ccccc1)CCC2.O=C(O)C(=O)O. The summed E-state index contributed by atoms with van der Waals surface area (Å²) in [5, 5.41) is 31.5. The van der Waals surface area contributed by atoms with Crippen molar-refractivity contribution in [1.29, 1.82) is 0 Å². The lowest BCUT2D eigenvalue weighted by Crippen LogP contribution is -2.39. The second-order valence-electron chi connectivity index (χ2n) is 9.01. The number of aliphatic carboxylic acids is 2. The van der Waals surface area contributed by atoms with Crippen LogP contribution in [0.5, 0.6) is 11.5 Å². The quantitative estimate of drug-likeness (QED) is 0.158. The lowest BCUT2D eigenvalue weighted by atomic mass is 10.0. The van der Waals surface area contributed by atoms with Crippen LogP contribution >= 0.6 is 0 Å². The van der Waals surface area contributed by atoms with Crippen LogP contribution in [-0.2, 0) is 27.2 Å². The standard InChI is InChI=1S/C26H36N2O4.C2H2O4/c1-2-3-14-27-26(30)19-32-25-13-12-20-8-7-9-22(15-21(20)16-25)28-17-23(29)18-31-24-10-5-4-6-11-24;3-1(4)2(5)6/h4-6,10-13,16,22-23,28-29H,2-3,7-9,14-15,17-19H2,1H3,(H,27,30);(H,3,4)(H,5,6). The Balaban J connectivity index is 0.000000757. The van der Waals surface area contributed by atoms with Crippen molar-refractivity contribution in [2.24, 2.45) is 0 Å². The summed E-state index contributed by atoms with van der Waals surface area (Å²) in [6.07, 6.45) is 5.52. The smallest absolute Gasteiger partial charge is 0.414 e. The molecule has 10 heteroatoms. The van der Waals surface area contributed by atoms with Gasteiger partial charge in [-0.25, -0.2) is 9.59 Å². The molecule has 208 valence electrons. The highest BCUT2D eigenvalue weighted by atomic mass is 16.5. The molecule has 0 saturated heterocycles. The summed E-state index contributed by atoms with van der Waals surface area (Å²) >= 11 is 0. The molecule has 2 aromatic carbocycles. The first-order chi connectivity index (χ1) is 18.3. The maximum atomic E-state index is 11.9. The number of hydrogen-bond acceptors (Lipinski definition) is 7. The minimum absolute atomic E-state index is 0.0395. The third-order valence-electron chi connectivity index (χ3n) is 5.88. The molecule has 5 N–H and O–H groups in total. The zero-order valence-electron chi connectivity index (χ0n) is 21.7. The molecule has 0 bridgehead atoms. The van der Waals surface area contributed by atoms with E-state index >= 15 is 0 Å². The van der Waals surface area contributed by atoms with E-state index in [4.69, 9.17) is 29.3 Å². The summed E-state index contributed by atoms with van der Waals surface area (Å²) in [7, 11) is 0. The number of benzene rings is 2. The maximum absolute atomic E-state index is 11.9. The van der Waals surface area contributed by atoms with Gasteiger partial charge in [0, 0.05) is 19.1 Å². The second kappa shape index (κ2) is 17.0. The molecular weight excluding hydrogens is 492 g/mol. The minimum Gasteiger partial charge on any atom is -0.491 e. The Morgan fingerprint density at radius 2 is 1.74 bits per heavy atom. The van der Waals surface area contributed by atoms with E-state index in [1.165, 1.54) is 11.1 Å². The molecule has 0 aliphatic heterocycles. The number of carbonyl (C=O) groups excluding carboxylic acids is 1. The monoisotopic (exact) mass is 530 g/mol. The molecule has 1 aliphatic carbocycles. The molecule has 0 saturated carbocycles. The number of fused-ring (bicyclic) bond motifs is 1. The molecule has 0 heterocycles. The first-order valence-corrected chi connectivity index (χ1v) is 12.8. The van der Waals surface area contributed by atoms with Crippen molar-refractivity contribution in [2.75, 3.05) is 26.3 Å². The highest BCUT2D eigenvalue weighted by molar-refractivity contribution is 6.27. The molecule has 38 heavy (non-hydrogen) atoms. The van der Waals surface area contributed by atoms with Gasteiger partial charge in [0.25, 0.3) is 5.91 Å². The van der Waals surface area contributed by atoms with E-state index in [-0.39, 0.29) is 25.2 Å². The summed E-state index contributed by atoms with van der Waals surface area (Å²) in [5.41, 5.74) is 2.58. The molecule has 0 fully saturated rings. The molecule has 10 nitrogen and oxygen atoms in total. The van der Waals surface area contributed by atoms with E-state index in [2.05, 4.69) is 29.7 Å². The predicted octanol–water partition coefficient (Wildman–Crippen LogP) is 2.41. The fourth-order valence-electron chi connectivity index (χ4n) is 3.88. The van der Waals surface area contributed by atoms with E-state index in [0.717, 1.165) is 50.0 Å². The molecule has 2 unspecified atom stereocenters. The summed E-state index contributed by atoms with van der Waals surface area (Å²) in [5.74, 6) is -2.24. The van der Waals surface area contributed by atoms with Crippen molar-refractivity contribution in [2.45, 2.75) is 57.6 Å². The Morgan fingerprint density at radius 1 is 1.00 bits per heavy atom. The number of para-hydroxylation sites is 1. The van der Waals surface area contributed by atoms with Crippen LogP contribution in [0, 0.1) is 0 Å². The van der Waals surface area contributed by atoms with Gasteiger partial charge in [-0.2, -0.15) is 0 Å². The van der Waals surface area contributed by atoms with Crippen LogP contribution in [0.4, 0.5) is 0 Å². The summed E-state index contributed by atoms with van der Waals surface area (Å²) in [4.78, 5) is 30.1. The lowest BCUT2D eigenvalue weighted by molar-refractivity contribution is -0.159. The Hall–Kier alpha value is -3.63. The topological polar surface area (TPSA) is 154 Å². The Morgan fingerprint density at radius 3 is 2.42 bits per heavy atom. The van der Waals surface area contributed by atoms with Crippen molar-refractivity contribution in [3.8, 4) is 11.5 Å². The molecule has 1 amide bonds. The van der Waals surface area contributed by atoms with E-state index in [9.17, 15) is 9.90 Å². The summed E-state index contributed by atoms with van der Waals surface area (Å²) in [6.45, 7) is 3.58. The van der Waals surface area contributed by atoms with E-state index in [1.807, 2.05) is 36.4 Å². The van der Waals surface area contributed by atoms with Gasteiger partial charge in [-0.15, -0.1) is 0 Å². The average Bonchev–Trinajstić information content (AvgIpc) is 3.12. The van der Waals surface area contributed by atoms with Crippen molar-refractivity contribution in [3.05, 3.63) is 59.7 Å². The summed E-state index contributed by atoms with van der Waals surface area (Å²) in [6, 6.07) is 16.0. The van der Waals surface area contributed by atoms with Crippen molar-refractivity contribution in [1.82, 2.24) is 10.6 Å². The normalized spacial score (nSPS) is 15.1. The zero-order chi connectivity index (χ0) is 27.8. The van der Waals surface area contributed by atoms with Crippen molar-refractivity contribution in [3.63, 3.8) is 0 Å². The fourth-order valence-corrected chi connectivity index (χ4v) is 3.88. The second-order valence-corrected chi connectivity index (χ2v) is 9.01. The fraction of sp³-hybridized carbons (Fsp3) is 0.464. The van der Waals surface area contributed by atoms with E-state index < -0.39 is 18.0 Å². The first kappa shape index (κ1) is 30.6. The number of aliphatic hydroxyl groups is 1. The zero-order valence-corrected chi connectivity index (χ0v) is 21.7. The maximum Gasteiger partial charge on any atom is 0.414 e. The van der Waals surface area contributed by atoms with Crippen LogP contribution in [0.25, 0.3) is 0 Å². The molecule has 2 atom stereocenters. The van der Waals surface area contributed by atoms with Gasteiger partial charge >= 0.3 is 11.9 Å². The number of ether oxygens (including phenoxy) is 2. The molecule has 3 rings (SSSR count). The van der Waals surface area contributed by atoms with E-state index in [0.29, 0.717) is 13.1 Å². The minimum atomic E-state index is -1.82. The number of nitrogens with one attached hydrogen (secondary N) is 2. The van der Waals surface area contributed by atoms with E-state index in [1.54, 1.807) is 0 Å². The van der Waals surface area contributed by atoms with Gasteiger partial charge in [-0.05, 0) is 67.5 Å². The van der Waals surface area contributed by atoms with Crippen LogP contribution < -0.4 is 20.1 Å². The van der Waals surface area contributed by atoms with Crippen molar-refractivity contribution >= 4 is 17.8 Å². The Bertz CT molecular complexity index is 1000. The van der Waals surface area contributed by atoms with Gasteiger partial charge in [-0.1, -0.05) is 37.6 Å². The molecule has 2 aromatic rings. The molecule has 0 spiro atoms. The van der Waals surface area contributed by atoms with Gasteiger partial charge in [0.15, 0.2) is 6.61 Å². The highest BCUT2D eigenvalue weighted by Gasteiger charge is 2.18. The van der Waals surface area contributed by atoms with Gasteiger partial charge in [0.05, 0.1) is 0 Å². The van der Waals surface area contributed by atoms with Crippen LogP contribution in [0.15, 0.2) is 48.5 Å². The lowest BCUT2D eigenvalue weighted by Gasteiger charge is -2.20. The number of carbonyl (C=O) groups is 3. The first-order valence-electron chi connectivity index (χ1n) is 12.8. The van der Waals surface area contributed by atoms with Crippen LogP contribution in [0.3, 0.4) is 0 Å². The van der Waals surface area contributed by atoms with Gasteiger partial charge in [0.2, 0.25) is 0 Å². The number of hydrogen-bond donors (Lipinski definition) is 5. The summed E-state index contributed by atoms with van der Waals surface area (Å²) < 4.78 is 11.4. The third-order valence-corrected chi connectivity index (χ3v) is 5.88. The van der Waals surface area contributed by atoms with Crippen LogP contribution in [-0.4, -0.2) is 71.6 Å². The Labute approximate surface area is 223 Å². The largest absolute Gasteiger partial charge is 0.491 e. The third kappa shape index (κ3) is 12.1. The van der Waals surface area contributed by atoms with Gasteiger partial charge in [0.1, 0.15) is 24.2 Å². The van der Waals surface area contributed by atoms with Gasteiger partial charge in [-0.3, -0.25) is 4.79 Å². The number of aryl methyl sites for hydroxylation is 1. The number of carboxylic acids is 2. The molecule has 0 radical (unpaired) electrons. The number of unbranched alkanes of at least 4 members (excludes halogenated alkanes) is 1. The average molecular weight is 531 g/mol. The van der Waals surface area contributed by atoms with Crippen molar-refractivity contribution < 1.29 is 39.2 Å². The number of aliphatic hydroxyl groups excluding tert-OH is 1. The number of amides is 1. The molecule has 0 aromatic heterocycles. The number of carboxylic acid groups (broad SMARTS) is 2. The molecular formula is C28H38N2O8. The predicted molar refractivity (Wildman–Crippen MR) is 142 cm³/mol. The van der Waals surface area contributed by atoms with Crippen LogP contribution in [0.1, 0.15) is 43.7 Å². The number of rotatable bonds is 12. The van der Waals surface area contributed by atoms with Crippen LogP contribution in [0.2, 0.25) is 0 Å². The Kier molecular flexibility index (Phi) is 13.7.